The number of amides is 1. The summed E-state index contributed by atoms with van der Waals surface area (Å²) in [5, 5.41) is 14.9. The molecule has 1 amide bonds. The molecule has 9 heteroatoms. The molecule has 0 saturated heterocycles. The number of hydrogen-bond acceptors (Lipinski definition) is 7. The minimum atomic E-state index is -0.132. The van der Waals surface area contributed by atoms with Gasteiger partial charge in [0, 0.05) is 30.7 Å². The minimum absolute atomic E-state index is 0.126. The molecular formula is C24H26N8O. The first-order chi connectivity index (χ1) is 16.2. The van der Waals surface area contributed by atoms with E-state index in [0.29, 0.717) is 23.6 Å². The molecule has 1 aromatic carbocycles. The van der Waals surface area contributed by atoms with Gasteiger partial charge in [0.15, 0.2) is 11.6 Å². The Balaban J connectivity index is 1.43. The molecule has 0 aliphatic heterocycles. The van der Waals surface area contributed by atoms with Crippen LogP contribution < -0.4 is 10.6 Å². The van der Waals surface area contributed by atoms with E-state index in [2.05, 4.69) is 42.7 Å². The lowest BCUT2D eigenvalue weighted by Crippen LogP contribution is -2.29. The van der Waals surface area contributed by atoms with E-state index in [-0.39, 0.29) is 11.9 Å². The van der Waals surface area contributed by atoms with Gasteiger partial charge in [-0.1, -0.05) is 25.5 Å². The molecule has 1 atom stereocenters. The van der Waals surface area contributed by atoms with E-state index >= 15 is 0 Å². The molecule has 0 saturated carbocycles. The first-order valence-electron chi connectivity index (χ1n) is 10.9. The second-order valence-corrected chi connectivity index (χ2v) is 7.60. The number of carbonyl (C=O) groups is 1. The van der Waals surface area contributed by atoms with Crippen molar-refractivity contribution >= 4 is 11.6 Å². The number of rotatable bonds is 9. The number of nitrogens with one attached hydrogen (secondary N) is 2. The Labute approximate surface area is 192 Å². The van der Waals surface area contributed by atoms with Gasteiger partial charge in [-0.3, -0.25) is 9.78 Å². The minimum Gasteiger partial charge on any atom is -0.378 e. The molecule has 0 aliphatic rings. The van der Waals surface area contributed by atoms with Gasteiger partial charge in [-0.2, -0.15) is 0 Å². The number of anilines is 1. The predicted octanol–water partition coefficient (Wildman–Crippen LogP) is 3.55. The van der Waals surface area contributed by atoms with Crippen LogP contribution in [0.4, 0.5) is 5.69 Å². The first kappa shape index (κ1) is 22.1. The van der Waals surface area contributed by atoms with Crippen LogP contribution in [-0.4, -0.2) is 35.6 Å². The van der Waals surface area contributed by atoms with E-state index in [4.69, 9.17) is 0 Å². The van der Waals surface area contributed by atoms with E-state index in [9.17, 15) is 4.79 Å². The van der Waals surface area contributed by atoms with Crippen molar-refractivity contribution in [3.63, 3.8) is 0 Å². The average molecular weight is 443 g/mol. The lowest BCUT2D eigenvalue weighted by atomic mass is 10.1. The van der Waals surface area contributed by atoms with Gasteiger partial charge in [0.05, 0.1) is 18.3 Å². The van der Waals surface area contributed by atoms with Crippen LogP contribution in [0.3, 0.4) is 0 Å². The van der Waals surface area contributed by atoms with Crippen LogP contribution in [0.1, 0.15) is 47.7 Å². The Kier molecular flexibility index (Phi) is 6.99. The van der Waals surface area contributed by atoms with Gasteiger partial charge in [0.25, 0.3) is 5.91 Å². The van der Waals surface area contributed by atoms with Crippen molar-refractivity contribution in [2.24, 2.45) is 7.05 Å². The number of hydrogen-bond donors (Lipinski definition) is 2. The highest BCUT2D eigenvalue weighted by Crippen LogP contribution is 2.19. The molecule has 0 bridgehead atoms. The van der Waals surface area contributed by atoms with E-state index < -0.39 is 0 Å². The van der Waals surface area contributed by atoms with Crippen molar-refractivity contribution in [2.75, 3.05) is 5.32 Å². The summed E-state index contributed by atoms with van der Waals surface area (Å²) in [6.07, 6.45) is 6.67. The van der Waals surface area contributed by atoms with Gasteiger partial charge < -0.3 is 15.2 Å². The molecule has 4 aromatic rings. The van der Waals surface area contributed by atoms with Crippen molar-refractivity contribution in [3.8, 4) is 11.5 Å². The van der Waals surface area contributed by atoms with E-state index in [1.54, 1.807) is 24.5 Å². The molecule has 0 aliphatic carbocycles. The largest absolute Gasteiger partial charge is 0.378 e. The average Bonchev–Trinajstić information content (AvgIpc) is 3.23. The Hall–Kier alpha value is -4.14. The molecule has 0 unspecified atom stereocenters. The Morgan fingerprint density at radius 2 is 1.97 bits per heavy atom. The van der Waals surface area contributed by atoms with Gasteiger partial charge in [0.1, 0.15) is 12.0 Å². The SMILES string of the molecule is CCC[C@H](NC(=O)c1cccc(NCc2nnc(-c3ccncn3)n2C)c1)c1ccccn1. The summed E-state index contributed by atoms with van der Waals surface area (Å²) in [6, 6.07) is 14.8. The molecule has 3 heterocycles. The number of nitrogens with zero attached hydrogens (tertiary/aromatic N) is 6. The molecule has 0 radical (unpaired) electrons. The maximum atomic E-state index is 12.9. The second kappa shape index (κ2) is 10.4. The van der Waals surface area contributed by atoms with Crippen LogP contribution in [0.25, 0.3) is 11.5 Å². The summed E-state index contributed by atoms with van der Waals surface area (Å²) in [6.45, 7) is 2.54. The monoisotopic (exact) mass is 442 g/mol. The third kappa shape index (κ3) is 5.38. The molecule has 0 fully saturated rings. The molecular weight excluding hydrogens is 416 g/mol. The van der Waals surface area contributed by atoms with Crippen LogP contribution in [0, 0.1) is 0 Å². The zero-order chi connectivity index (χ0) is 23.0. The van der Waals surface area contributed by atoms with Crippen LogP contribution in [-0.2, 0) is 13.6 Å². The molecule has 33 heavy (non-hydrogen) atoms. The lowest BCUT2D eigenvalue weighted by Gasteiger charge is -2.18. The summed E-state index contributed by atoms with van der Waals surface area (Å²) in [5.74, 6) is 1.28. The fourth-order valence-corrected chi connectivity index (χ4v) is 3.52. The van der Waals surface area contributed by atoms with Crippen LogP contribution in [0.5, 0.6) is 0 Å². The number of pyridine rings is 1. The van der Waals surface area contributed by atoms with Crippen molar-refractivity contribution in [3.05, 3.63) is 84.3 Å². The fraction of sp³-hybridized carbons (Fsp3) is 0.250. The lowest BCUT2D eigenvalue weighted by molar-refractivity contribution is 0.0933. The Morgan fingerprint density at radius 1 is 1.06 bits per heavy atom. The summed E-state index contributed by atoms with van der Waals surface area (Å²) in [4.78, 5) is 25.5. The van der Waals surface area contributed by atoms with Gasteiger partial charge in [0.2, 0.25) is 0 Å². The predicted molar refractivity (Wildman–Crippen MR) is 125 cm³/mol. The quantitative estimate of drug-likeness (QED) is 0.408. The Bertz CT molecular complexity index is 1190. The highest BCUT2D eigenvalue weighted by atomic mass is 16.1. The van der Waals surface area contributed by atoms with Gasteiger partial charge in [-0.05, 0) is 42.8 Å². The number of benzene rings is 1. The summed E-state index contributed by atoms with van der Waals surface area (Å²) >= 11 is 0. The summed E-state index contributed by atoms with van der Waals surface area (Å²) in [7, 11) is 1.89. The van der Waals surface area contributed by atoms with Gasteiger partial charge >= 0.3 is 0 Å². The first-order valence-corrected chi connectivity index (χ1v) is 10.9. The summed E-state index contributed by atoms with van der Waals surface area (Å²) < 4.78 is 1.88. The van der Waals surface area contributed by atoms with E-state index in [0.717, 1.165) is 30.0 Å². The molecule has 4 rings (SSSR count). The topological polar surface area (TPSA) is 111 Å². The van der Waals surface area contributed by atoms with Gasteiger partial charge in [-0.15, -0.1) is 10.2 Å². The number of aromatic nitrogens is 6. The third-order valence-electron chi connectivity index (χ3n) is 5.28. The van der Waals surface area contributed by atoms with Crippen molar-refractivity contribution in [1.82, 2.24) is 35.0 Å². The van der Waals surface area contributed by atoms with Crippen molar-refractivity contribution < 1.29 is 4.79 Å². The standard InChI is InChI=1S/C24H26N8O/c1-3-7-20(19-10-4-5-12-26-19)29-24(33)17-8-6-9-18(14-17)27-15-22-30-31-23(32(22)2)21-11-13-25-16-28-21/h4-6,8-14,16,20,27H,3,7,15H2,1-2H3,(H,29,33)/t20-/m0/s1. The Morgan fingerprint density at radius 3 is 2.73 bits per heavy atom. The molecule has 2 N–H and O–H groups in total. The summed E-state index contributed by atoms with van der Waals surface area (Å²) in [5.41, 5.74) is 2.97. The zero-order valence-electron chi connectivity index (χ0n) is 18.6. The van der Waals surface area contributed by atoms with Crippen molar-refractivity contribution in [1.29, 1.82) is 0 Å². The highest BCUT2D eigenvalue weighted by Gasteiger charge is 2.17. The maximum absolute atomic E-state index is 12.9. The van der Waals surface area contributed by atoms with E-state index in [1.165, 1.54) is 6.33 Å². The van der Waals surface area contributed by atoms with Crippen LogP contribution >= 0.6 is 0 Å². The molecule has 3 aromatic heterocycles. The normalized spacial score (nSPS) is 11.7. The van der Waals surface area contributed by atoms with E-state index in [1.807, 2.05) is 48.0 Å². The van der Waals surface area contributed by atoms with Gasteiger partial charge in [-0.25, -0.2) is 9.97 Å². The highest BCUT2D eigenvalue weighted by molar-refractivity contribution is 5.95. The molecule has 9 nitrogen and oxygen atoms in total. The van der Waals surface area contributed by atoms with Crippen molar-refractivity contribution in [2.45, 2.75) is 32.4 Å². The molecule has 0 spiro atoms. The second-order valence-electron chi connectivity index (χ2n) is 7.60. The van der Waals surface area contributed by atoms with Crippen LogP contribution in [0.2, 0.25) is 0 Å². The fourth-order valence-electron chi connectivity index (χ4n) is 3.52. The zero-order valence-corrected chi connectivity index (χ0v) is 18.6. The smallest absolute Gasteiger partial charge is 0.251 e. The van der Waals surface area contributed by atoms with Crippen LogP contribution in [0.15, 0.2) is 67.3 Å². The third-order valence-corrected chi connectivity index (χ3v) is 5.28. The maximum Gasteiger partial charge on any atom is 0.251 e. The number of carbonyl (C=O) groups excluding carboxylic acids is 1. The molecule has 168 valence electrons.